The summed E-state index contributed by atoms with van der Waals surface area (Å²) < 4.78 is 0. The number of rotatable bonds is 4. The largest absolute Gasteiger partial charge is 0.344 e. The Morgan fingerprint density at radius 3 is 2.45 bits per heavy atom. The highest BCUT2D eigenvalue weighted by atomic mass is 16.2. The third-order valence-corrected chi connectivity index (χ3v) is 3.86. The van der Waals surface area contributed by atoms with Gasteiger partial charge in [-0.25, -0.2) is 0 Å². The molecule has 2 rings (SSSR count). The number of carbonyl (C=O) groups excluding carboxylic acids is 1. The minimum absolute atomic E-state index is 0.103. The zero-order valence-corrected chi connectivity index (χ0v) is 12.0. The van der Waals surface area contributed by atoms with Gasteiger partial charge in [0.2, 0.25) is 5.91 Å². The maximum Gasteiger partial charge on any atom is 0.236 e. The van der Waals surface area contributed by atoms with E-state index in [1.54, 1.807) is 11.9 Å². The first-order valence-corrected chi connectivity index (χ1v) is 7.11. The standard InChI is InChI=1S/C16H21N3O/c1-18(10-4-9-17)16(20)13-19-11-7-14-5-2-3-6-15(14)8-12-19/h2-3,5-6H,4,7-8,10-13H2,1H3. The number of benzene rings is 1. The predicted molar refractivity (Wildman–Crippen MR) is 78.2 cm³/mol. The van der Waals surface area contributed by atoms with Crippen molar-refractivity contribution >= 4 is 5.91 Å². The second-order valence-electron chi connectivity index (χ2n) is 5.27. The van der Waals surface area contributed by atoms with Gasteiger partial charge >= 0.3 is 0 Å². The molecule has 0 fully saturated rings. The maximum atomic E-state index is 12.1. The van der Waals surface area contributed by atoms with E-state index in [1.807, 2.05) is 0 Å². The van der Waals surface area contributed by atoms with E-state index < -0.39 is 0 Å². The summed E-state index contributed by atoms with van der Waals surface area (Å²) in [7, 11) is 1.77. The Labute approximate surface area is 120 Å². The van der Waals surface area contributed by atoms with E-state index >= 15 is 0 Å². The van der Waals surface area contributed by atoms with E-state index in [-0.39, 0.29) is 5.91 Å². The van der Waals surface area contributed by atoms with Gasteiger partial charge in [-0.05, 0) is 24.0 Å². The average Bonchev–Trinajstić information content (AvgIpc) is 2.67. The Morgan fingerprint density at radius 2 is 1.90 bits per heavy atom. The van der Waals surface area contributed by atoms with Crippen molar-refractivity contribution in [2.75, 3.05) is 33.2 Å². The number of nitrogens with zero attached hydrogens (tertiary/aromatic N) is 3. The lowest BCUT2D eigenvalue weighted by molar-refractivity contribution is -0.131. The summed E-state index contributed by atoms with van der Waals surface area (Å²) in [5.41, 5.74) is 2.81. The van der Waals surface area contributed by atoms with Crippen molar-refractivity contribution in [3.05, 3.63) is 35.4 Å². The van der Waals surface area contributed by atoms with Gasteiger partial charge in [0.05, 0.1) is 19.0 Å². The number of fused-ring (bicyclic) bond motifs is 1. The van der Waals surface area contributed by atoms with Gasteiger partial charge in [0.15, 0.2) is 0 Å². The number of hydrogen-bond acceptors (Lipinski definition) is 3. The SMILES string of the molecule is CN(CCC#N)C(=O)CN1CCc2ccccc2CC1. The Hall–Kier alpha value is -1.86. The molecule has 1 aliphatic rings. The van der Waals surface area contributed by atoms with E-state index in [4.69, 9.17) is 5.26 Å². The molecule has 4 heteroatoms. The molecule has 20 heavy (non-hydrogen) atoms. The zero-order chi connectivity index (χ0) is 14.4. The Kier molecular flexibility index (Phi) is 5.14. The van der Waals surface area contributed by atoms with Gasteiger partial charge in [-0.2, -0.15) is 5.26 Å². The van der Waals surface area contributed by atoms with Crippen LogP contribution >= 0.6 is 0 Å². The first-order valence-electron chi connectivity index (χ1n) is 7.11. The molecule has 1 aromatic rings. The van der Waals surface area contributed by atoms with Gasteiger partial charge in [0.1, 0.15) is 0 Å². The summed E-state index contributed by atoms with van der Waals surface area (Å²) >= 11 is 0. The highest BCUT2D eigenvalue weighted by Gasteiger charge is 2.17. The van der Waals surface area contributed by atoms with Crippen LogP contribution in [0.5, 0.6) is 0 Å². The van der Waals surface area contributed by atoms with Gasteiger partial charge in [-0.1, -0.05) is 24.3 Å². The van der Waals surface area contributed by atoms with Crippen LogP contribution in [0.3, 0.4) is 0 Å². The van der Waals surface area contributed by atoms with Gasteiger partial charge in [0, 0.05) is 26.7 Å². The summed E-state index contributed by atoms with van der Waals surface area (Å²) in [4.78, 5) is 15.9. The zero-order valence-electron chi connectivity index (χ0n) is 12.0. The number of carbonyl (C=O) groups is 1. The van der Waals surface area contributed by atoms with Gasteiger partial charge in [-0.15, -0.1) is 0 Å². The van der Waals surface area contributed by atoms with E-state index in [1.165, 1.54) is 11.1 Å². The lowest BCUT2D eigenvalue weighted by Gasteiger charge is -2.23. The second kappa shape index (κ2) is 7.06. The van der Waals surface area contributed by atoms with Crippen molar-refractivity contribution in [1.29, 1.82) is 5.26 Å². The number of hydrogen-bond donors (Lipinski definition) is 0. The molecule has 1 aromatic carbocycles. The summed E-state index contributed by atoms with van der Waals surface area (Å²) in [5.74, 6) is 0.103. The predicted octanol–water partition coefficient (Wildman–Crippen LogP) is 1.46. The van der Waals surface area contributed by atoms with Crippen LogP contribution in [-0.2, 0) is 17.6 Å². The Morgan fingerprint density at radius 1 is 1.30 bits per heavy atom. The quantitative estimate of drug-likeness (QED) is 0.833. The molecule has 4 nitrogen and oxygen atoms in total. The van der Waals surface area contributed by atoms with E-state index in [2.05, 4.69) is 35.2 Å². The summed E-state index contributed by atoms with van der Waals surface area (Å²) in [6.07, 6.45) is 2.41. The molecule has 0 bridgehead atoms. The maximum absolute atomic E-state index is 12.1. The molecular weight excluding hydrogens is 250 g/mol. The molecule has 0 saturated heterocycles. The van der Waals surface area contributed by atoms with E-state index in [0.29, 0.717) is 19.5 Å². The molecule has 0 N–H and O–H groups in total. The first kappa shape index (κ1) is 14.5. The van der Waals surface area contributed by atoms with Crippen LogP contribution in [0.1, 0.15) is 17.5 Å². The fraction of sp³-hybridized carbons (Fsp3) is 0.500. The monoisotopic (exact) mass is 271 g/mol. The topological polar surface area (TPSA) is 47.3 Å². The lowest BCUT2D eigenvalue weighted by atomic mass is 10.0. The molecule has 1 heterocycles. The molecule has 0 radical (unpaired) electrons. The number of nitriles is 1. The van der Waals surface area contributed by atoms with Crippen molar-refractivity contribution in [2.45, 2.75) is 19.3 Å². The van der Waals surface area contributed by atoms with Gasteiger partial charge < -0.3 is 4.90 Å². The summed E-state index contributed by atoms with van der Waals surface area (Å²) in [6.45, 7) is 2.82. The minimum Gasteiger partial charge on any atom is -0.344 e. The molecule has 0 aromatic heterocycles. The third-order valence-electron chi connectivity index (χ3n) is 3.86. The molecule has 0 saturated carbocycles. The van der Waals surface area contributed by atoms with E-state index in [0.717, 1.165) is 25.9 Å². The van der Waals surface area contributed by atoms with Crippen LogP contribution in [0.4, 0.5) is 0 Å². The van der Waals surface area contributed by atoms with Gasteiger partial charge in [0.25, 0.3) is 0 Å². The fourth-order valence-electron chi connectivity index (χ4n) is 2.53. The molecular formula is C16H21N3O. The summed E-state index contributed by atoms with van der Waals surface area (Å²) in [5, 5.41) is 8.56. The van der Waals surface area contributed by atoms with Crippen LogP contribution in [-0.4, -0.2) is 48.9 Å². The Balaban J connectivity index is 1.87. The molecule has 1 amide bonds. The highest BCUT2D eigenvalue weighted by Crippen LogP contribution is 2.15. The molecule has 106 valence electrons. The van der Waals surface area contributed by atoms with Gasteiger partial charge in [-0.3, -0.25) is 9.69 Å². The number of likely N-dealkylation sites (N-methyl/N-ethyl adjacent to an activating group) is 1. The highest BCUT2D eigenvalue weighted by molar-refractivity contribution is 5.78. The van der Waals surface area contributed by atoms with Crippen molar-refractivity contribution in [2.24, 2.45) is 0 Å². The van der Waals surface area contributed by atoms with Crippen molar-refractivity contribution < 1.29 is 4.79 Å². The smallest absolute Gasteiger partial charge is 0.236 e. The fourth-order valence-corrected chi connectivity index (χ4v) is 2.53. The minimum atomic E-state index is 0.103. The van der Waals surface area contributed by atoms with Crippen molar-refractivity contribution in [3.63, 3.8) is 0 Å². The van der Waals surface area contributed by atoms with Crippen LogP contribution in [0.2, 0.25) is 0 Å². The molecule has 0 unspecified atom stereocenters. The Bertz CT molecular complexity index is 480. The molecule has 1 aliphatic heterocycles. The van der Waals surface area contributed by atoms with Crippen LogP contribution in [0.15, 0.2) is 24.3 Å². The van der Waals surface area contributed by atoms with Crippen molar-refractivity contribution in [3.8, 4) is 6.07 Å². The molecule has 0 spiro atoms. The number of amides is 1. The van der Waals surface area contributed by atoms with Crippen LogP contribution in [0, 0.1) is 11.3 Å². The third kappa shape index (κ3) is 3.82. The molecule has 0 atom stereocenters. The average molecular weight is 271 g/mol. The van der Waals surface area contributed by atoms with Crippen LogP contribution < -0.4 is 0 Å². The first-order chi connectivity index (χ1) is 9.70. The van der Waals surface area contributed by atoms with Crippen LogP contribution in [0.25, 0.3) is 0 Å². The van der Waals surface area contributed by atoms with E-state index in [9.17, 15) is 4.79 Å². The second-order valence-corrected chi connectivity index (χ2v) is 5.27. The lowest BCUT2D eigenvalue weighted by Crippen LogP contribution is -2.39. The molecule has 0 aliphatic carbocycles. The van der Waals surface area contributed by atoms with Crippen molar-refractivity contribution in [1.82, 2.24) is 9.80 Å². The normalized spacial score (nSPS) is 15.0. The summed E-state index contributed by atoms with van der Waals surface area (Å²) in [6, 6.07) is 10.6.